The van der Waals surface area contributed by atoms with Gasteiger partial charge in [0.15, 0.2) is 0 Å². The van der Waals surface area contributed by atoms with E-state index in [4.69, 9.17) is 0 Å². The maximum absolute atomic E-state index is 3.65. The smallest absolute Gasteiger partial charge is 0.00854 e. The van der Waals surface area contributed by atoms with Crippen molar-refractivity contribution in [2.24, 2.45) is 23.2 Å². The van der Waals surface area contributed by atoms with Crippen LogP contribution in [0.1, 0.15) is 39.5 Å². The zero-order chi connectivity index (χ0) is 8.77. The van der Waals surface area contributed by atoms with Gasteiger partial charge in [0.05, 0.1) is 0 Å². The summed E-state index contributed by atoms with van der Waals surface area (Å²) in [6.45, 7) is 4.85. The van der Waals surface area contributed by atoms with E-state index in [0.29, 0.717) is 5.41 Å². The van der Waals surface area contributed by atoms with Crippen molar-refractivity contribution in [1.29, 1.82) is 0 Å². The third kappa shape index (κ3) is 1.34. The Morgan fingerprint density at radius 3 is 2.42 bits per heavy atom. The molecule has 0 saturated heterocycles. The minimum atomic E-state index is 0.542. The Labute approximate surface area is 84.2 Å². The number of hydrogen-bond donors (Lipinski definition) is 0. The summed E-state index contributed by atoms with van der Waals surface area (Å²) in [5, 5.41) is 1.17. The molecule has 3 unspecified atom stereocenters. The maximum atomic E-state index is 3.65. The van der Waals surface area contributed by atoms with Gasteiger partial charge in [-0.1, -0.05) is 36.2 Å². The second kappa shape index (κ2) is 3.01. The molecule has 1 heteroatoms. The predicted molar refractivity (Wildman–Crippen MR) is 56.5 cm³/mol. The zero-order valence-electron chi connectivity index (χ0n) is 8.15. The Bertz CT molecular complexity index is 174. The van der Waals surface area contributed by atoms with E-state index in [-0.39, 0.29) is 0 Å². The van der Waals surface area contributed by atoms with Crippen LogP contribution >= 0.6 is 15.9 Å². The summed E-state index contributed by atoms with van der Waals surface area (Å²) in [5.41, 5.74) is 0.542. The second-order valence-corrected chi connectivity index (χ2v) is 5.96. The van der Waals surface area contributed by atoms with Gasteiger partial charge in [0, 0.05) is 5.33 Å². The molecule has 3 atom stereocenters. The predicted octanol–water partition coefficient (Wildman–Crippen LogP) is 3.84. The van der Waals surface area contributed by atoms with Crippen molar-refractivity contribution in [2.75, 3.05) is 5.33 Å². The summed E-state index contributed by atoms with van der Waals surface area (Å²) in [6.07, 6.45) is 6.11. The maximum Gasteiger partial charge on any atom is 0.00854 e. The molecule has 0 heterocycles. The van der Waals surface area contributed by atoms with Crippen LogP contribution in [0, 0.1) is 23.2 Å². The van der Waals surface area contributed by atoms with Crippen molar-refractivity contribution in [3.05, 3.63) is 0 Å². The molecule has 2 saturated carbocycles. The monoisotopic (exact) mass is 230 g/mol. The summed E-state index contributed by atoms with van der Waals surface area (Å²) in [7, 11) is 0. The highest BCUT2D eigenvalue weighted by atomic mass is 79.9. The van der Waals surface area contributed by atoms with E-state index >= 15 is 0 Å². The highest BCUT2D eigenvalue weighted by Gasteiger charge is 2.45. The van der Waals surface area contributed by atoms with Crippen LogP contribution in [0.25, 0.3) is 0 Å². The quantitative estimate of drug-likeness (QED) is 0.633. The van der Waals surface area contributed by atoms with E-state index in [1.165, 1.54) is 24.6 Å². The summed E-state index contributed by atoms with van der Waals surface area (Å²) in [6, 6.07) is 0. The molecule has 0 amide bonds. The normalized spacial score (nSPS) is 40.8. The number of rotatable bonds is 2. The third-order valence-electron chi connectivity index (χ3n) is 4.09. The first-order valence-electron chi connectivity index (χ1n) is 5.19. The molecule has 2 aliphatic rings. The lowest BCUT2D eigenvalue weighted by Gasteiger charge is -2.35. The fourth-order valence-corrected chi connectivity index (χ4v) is 3.72. The van der Waals surface area contributed by atoms with E-state index in [1.807, 2.05) is 0 Å². The first kappa shape index (κ1) is 9.05. The summed E-state index contributed by atoms with van der Waals surface area (Å²) in [4.78, 5) is 0. The zero-order valence-corrected chi connectivity index (χ0v) is 9.73. The largest absolute Gasteiger partial charge is 0.0922 e. The van der Waals surface area contributed by atoms with Crippen LogP contribution in [0.4, 0.5) is 0 Å². The van der Waals surface area contributed by atoms with Gasteiger partial charge in [-0.15, -0.1) is 0 Å². The van der Waals surface area contributed by atoms with Gasteiger partial charge in [0.25, 0.3) is 0 Å². The average molecular weight is 231 g/mol. The molecule has 0 spiro atoms. The van der Waals surface area contributed by atoms with Gasteiger partial charge >= 0.3 is 0 Å². The topological polar surface area (TPSA) is 0 Å². The van der Waals surface area contributed by atoms with E-state index < -0.39 is 0 Å². The lowest BCUT2D eigenvalue weighted by Crippen LogP contribution is -2.29. The van der Waals surface area contributed by atoms with Crippen molar-refractivity contribution in [1.82, 2.24) is 0 Å². The molecule has 0 radical (unpaired) electrons. The lowest BCUT2D eigenvalue weighted by atomic mass is 9.72. The highest BCUT2D eigenvalue weighted by molar-refractivity contribution is 9.09. The summed E-state index contributed by atoms with van der Waals surface area (Å²) >= 11 is 3.65. The van der Waals surface area contributed by atoms with Crippen LogP contribution in [0.2, 0.25) is 0 Å². The standard InChI is InChI=1S/C11H19Br/c1-11(2,7-12)10-6-8-3-4-9(10)5-8/h8-10H,3-7H2,1-2H3. The summed E-state index contributed by atoms with van der Waals surface area (Å²) < 4.78 is 0. The molecule has 0 aliphatic heterocycles. The molecule has 0 aromatic carbocycles. The van der Waals surface area contributed by atoms with Crippen LogP contribution < -0.4 is 0 Å². The molecule has 70 valence electrons. The Morgan fingerprint density at radius 1 is 1.25 bits per heavy atom. The molecule has 2 rings (SSSR count). The fourth-order valence-electron chi connectivity index (χ4n) is 3.30. The number of halogens is 1. The molecule has 2 fully saturated rings. The minimum Gasteiger partial charge on any atom is -0.0922 e. The van der Waals surface area contributed by atoms with Crippen molar-refractivity contribution < 1.29 is 0 Å². The Balaban J connectivity index is 2.06. The van der Waals surface area contributed by atoms with Crippen LogP contribution in [-0.4, -0.2) is 5.33 Å². The van der Waals surface area contributed by atoms with Crippen LogP contribution in [0.5, 0.6) is 0 Å². The fraction of sp³-hybridized carbons (Fsp3) is 1.00. The minimum absolute atomic E-state index is 0.542. The SMILES string of the molecule is CC(C)(CBr)C1CC2CCC1C2. The second-order valence-electron chi connectivity index (χ2n) is 5.40. The van der Waals surface area contributed by atoms with Crippen molar-refractivity contribution in [3.8, 4) is 0 Å². The van der Waals surface area contributed by atoms with Crippen LogP contribution in [-0.2, 0) is 0 Å². The van der Waals surface area contributed by atoms with Crippen LogP contribution in [0.15, 0.2) is 0 Å². The van der Waals surface area contributed by atoms with Gasteiger partial charge in [-0.2, -0.15) is 0 Å². The highest BCUT2D eigenvalue weighted by Crippen LogP contribution is 2.54. The molecule has 0 N–H and O–H groups in total. The van der Waals surface area contributed by atoms with Crippen LogP contribution in [0.3, 0.4) is 0 Å². The average Bonchev–Trinajstić information content (AvgIpc) is 2.64. The van der Waals surface area contributed by atoms with Gasteiger partial charge in [-0.05, 0) is 42.4 Å². The molecular formula is C11H19Br. The van der Waals surface area contributed by atoms with Gasteiger partial charge in [0.2, 0.25) is 0 Å². The number of hydrogen-bond acceptors (Lipinski definition) is 0. The van der Waals surface area contributed by atoms with Gasteiger partial charge in [0.1, 0.15) is 0 Å². The molecule has 0 aromatic heterocycles. The van der Waals surface area contributed by atoms with E-state index in [9.17, 15) is 0 Å². The Hall–Kier alpha value is 0.480. The molecule has 2 bridgehead atoms. The molecule has 0 aromatic rings. The molecule has 12 heavy (non-hydrogen) atoms. The first-order valence-corrected chi connectivity index (χ1v) is 6.31. The molecule has 2 aliphatic carbocycles. The Morgan fingerprint density at radius 2 is 2.00 bits per heavy atom. The molecular weight excluding hydrogens is 212 g/mol. The summed E-state index contributed by atoms with van der Waals surface area (Å²) in [5.74, 6) is 3.18. The van der Waals surface area contributed by atoms with E-state index in [2.05, 4.69) is 29.8 Å². The van der Waals surface area contributed by atoms with E-state index in [1.54, 1.807) is 6.42 Å². The van der Waals surface area contributed by atoms with Gasteiger partial charge in [-0.3, -0.25) is 0 Å². The number of alkyl halides is 1. The first-order chi connectivity index (χ1) is 5.63. The third-order valence-corrected chi connectivity index (χ3v) is 5.53. The van der Waals surface area contributed by atoms with Gasteiger partial charge in [-0.25, -0.2) is 0 Å². The van der Waals surface area contributed by atoms with E-state index in [0.717, 1.165) is 17.8 Å². The van der Waals surface area contributed by atoms with Crippen molar-refractivity contribution in [2.45, 2.75) is 39.5 Å². The van der Waals surface area contributed by atoms with Crippen molar-refractivity contribution >= 4 is 15.9 Å². The molecule has 0 nitrogen and oxygen atoms in total. The lowest BCUT2D eigenvalue weighted by molar-refractivity contribution is 0.167. The van der Waals surface area contributed by atoms with Gasteiger partial charge < -0.3 is 0 Å². The Kier molecular flexibility index (Phi) is 2.27. The van der Waals surface area contributed by atoms with Crippen molar-refractivity contribution in [3.63, 3.8) is 0 Å². The number of fused-ring (bicyclic) bond motifs is 2.